The van der Waals surface area contributed by atoms with E-state index in [-0.39, 0.29) is 5.78 Å². The van der Waals surface area contributed by atoms with Gasteiger partial charge in [0.05, 0.1) is 7.11 Å². The Morgan fingerprint density at radius 3 is 2.44 bits per heavy atom. The van der Waals surface area contributed by atoms with Crippen molar-refractivity contribution in [2.45, 2.75) is 19.8 Å². The molecule has 1 aromatic heterocycles. The third-order valence-corrected chi connectivity index (χ3v) is 2.81. The molecule has 0 spiro atoms. The molecule has 0 amide bonds. The number of rotatable bonds is 5. The predicted molar refractivity (Wildman–Crippen MR) is 69.1 cm³/mol. The summed E-state index contributed by atoms with van der Waals surface area (Å²) in [5.41, 5.74) is 0.954. The lowest BCUT2D eigenvalue weighted by Crippen LogP contribution is -2.02. The van der Waals surface area contributed by atoms with E-state index in [0.29, 0.717) is 12.2 Å². The van der Waals surface area contributed by atoms with Gasteiger partial charge < -0.3 is 9.15 Å². The molecule has 3 heteroatoms. The number of methoxy groups -OCH3 is 1. The number of ether oxygens (including phenoxy) is 1. The van der Waals surface area contributed by atoms with Crippen molar-refractivity contribution >= 4 is 5.78 Å². The minimum Gasteiger partial charge on any atom is -0.497 e. The Morgan fingerprint density at radius 1 is 1.17 bits per heavy atom. The third kappa shape index (κ3) is 2.80. The lowest BCUT2D eigenvalue weighted by molar-refractivity contribution is 0.0965. The first-order valence-corrected chi connectivity index (χ1v) is 5.97. The standard InChI is InChI=1S/C15H16O3/c1-3-12-8-9-15(18-12)14(16)10-11-4-6-13(17-2)7-5-11/h4-9H,3,10H2,1-2H3. The first-order valence-electron chi connectivity index (χ1n) is 5.97. The average molecular weight is 244 g/mol. The normalized spacial score (nSPS) is 10.3. The lowest BCUT2D eigenvalue weighted by Gasteiger charge is -2.02. The van der Waals surface area contributed by atoms with Gasteiger partial charge in [0, 0.05) is 12.8 Å². The van der Waals surface area contributed by atoms with Crippen molar-refractivity contribution in [1.82, 2.24) is 0 Å². The SMILES string of the molecule is CCc1ccc(C(=O)Cc2ccc(OC)cc2)o1. The molecule has 0 radical (unpaired) electrons. The molecule has 0 aliphatic carbocycles. The van der Waals surface area contributed by atoms with Gasteiger partial charge in [0.2, 0.25) is 5.78 Å². The molecule has 0 saturated carbocycles. The molecule has 0 aliphatic rings. The van der Waals surface area contributed by atoms with Crippen molar-refractivity contribution in [3.05, 3.63) is 53.5 Å². The van der Waals surface area contributed by atoms with E-state index in [4.69, 9.17) is 9.15 Å². The zero-order valence-electron chi connectivity index (χ0n) is 10.6. The van der Waals surface area contributed by atoms with Crippen molar-refractivity contribution < 1.29 is 13.9 Å². The molecule has 1 heterocycles. The molecule has 0 atom stereocenters. The van der Waals surface area contributed by atoms with Crippen molar-refractivity contribution in [3.63, 3.8) is 0 Å². The van der Waals surface area contributed by atoms with Crippen LogP contribution in [-0.4, -0.2) is 12.9 Å². The van der Waals surface area contributed by atoms with Gasteiger partial charge in [-0.05, 0) is 29.8 Å². The van der Waals surface area contributed by atoms with Crippen LogP contribution >= 0.6 is 0 Å². The summed E-state index contributed by atoms with van der Waals surface area (Å²) in [6, 6.07) is 11.1. The molecule has 94 valence electrons. The van der Waals surface area contributed by atoms with Gasteiger partial charge in [-0.2, -0.15) is 0 Å². The smallest absolute Gasteiger partial charge is 0.202 e. The minimum atomic E-state index is -0.000123. The zero-order chi connectivity index (χ0) is 13.0. The molecule has 18 heavy (non-hydrogen) atoms. The zero-order valence-corrected chi connectivity index (χ0v) is 10.6. The topological polar surface area (TPSA) is 39.4 Å². The van der Waals surface area contributed by atoms with Crippen LogP contribution < -0.4 is 4.74 Å². The number of ketones is 1. The summed E-state index contributed by atoms with van der Waals surface area (Å²) < 4.78 is 10.5. The summed E-state index contributed by atoms with van der Waals surface area (Å²) in [5.74, 6) is 2.06. The van der Waals surface area contributed by atoms with E-state index in [0.717, 1.165) is 23.5 Å². The van der Waals surface area contributed by atoms with Gasteiger partial charge in [0.1, 0.15) is 11.5 Å². The third-order valence-electron chi connectivity index (χ3n) is 2.81. The summed E-state index contributed by atoms with van der Waals surface area (Å²) in [6.07, 6.45) is 1.15. The molecule has 2 rings (SSSR count). The highest BCUT2D eigenvalue weighted by molar-refractivity contribution is 5.95. The van der Waals surface area contributed by atoms with E-state index in [1.165, 1.54) is 0 Å². The summed E-state index contributed by atoms with van der Waals surface area (Å²) in [7, 11) is 1.62. The number of Topliss-reactive ketones (excluding diaryl/α,β-unsaturated/α-hetero) is 1. The molecule has 2 aromatic rings. The molecule has 0 bridgehead atoms. The van der Waals surface area contributed by atoms with Crippen molar-refractivity contribution in [3.8, 4) is 5.75 Å². The second kappa shape index (κ2) is 5.54. The van der Waals surface area contributed by atoms with E-state index in [9.17, 15) is 4.79 Å². The Morgan fingerprint density at radius 2 is 1.89 bits per heavy atom. The maximum absolute atomic E-state index is 12.0. The van der Waals surface area contributed by atoms with Crippen molar-refractivity contribution in [2.24, 2.45) is 0 Å². The van der Waals surface area contributed by atoms with Crippen LogP contribution in [0.4, 0.5) is 0 Å². The van der Waals surface area contributed by atoms with E-state index in [2.05, 4.69) is 0 Å². The minimum absolute atomic E-state index is 0.000123. The van der Waals surface area contributed by atoms with Crippen LogP contribution in [0.15, 0.2) is 40.8 Å². The number of carbonyl (C=O) groups is 1. The Kier molecular flexibility index (Phi) is 3.82. The van der Waals surface area contributed by atoms with Gasteiger partial charge >= 0.3 is 0 Å². The summed E-state index contributed by atoms with van der Waals surface area (Å²) >= 11 is 0. The van der Waals surface area contributed by atoms with Crippen LogP contribution in [0, 0.1) is 0 Å². The Bertz CT molecular complexity index is 523. The van der Waals surface area contributed by atoms with Gasteiger partial charge in [-0.3, -0.25) is 4.79 Å². The molecular weight excluding hydrogens is 228 g/mol. The fourth-order valence-electron chi connectivity index (χ4n) is 1.73. The highest BCUT2D eigenvalue weighted by Gasteiger charge is 2.11. The van der Waals surface area contributed by atoms with Crippen LogP contribution in [0.2, 0.25) is 0 Å². The molecule has 1 aromatic carbocycles. The summed E-state index contributed by atoms with van der Waals surface area (Å²) in [5, 5.41) is 0. The number of carbonyl (C=O) groups excluding carboxylic acids is 1. The average Bonchev–Trinajstić information content (AvgIpc) is 2.88. The van der Waals surface area contributed by atoms with Crippen LogP contribution in [0.5, 0.6) is 5.75 Å². The van der Waals surface area contributed by atoms with Crippen LogP contribution in [0.25, 0.3) is 0 Å². The number of benzene rings is 1. The van der Waals surface area contributed by atoms with Crippen LogP contribution in [0.3, 0.4) is 0 Å². The number of hydrogen-bond acceptors (Lipinski definition) is 3. The molecule has 0 aliphatic heterocycles. The van der Waals surface area contributed by atoms with Gasteiger partial charge in [-0.15, -0.1) is 0 Å². The lowest BCUT2D eigenvalue weighted by atomic mass is 10.1. The van der Waals surface area contributed by atoms with Crippen LogP contribution in [-0.2, 0) is 12.8 Å². The molecule has 0 unspecified atom stereocenters. The predicted octanol–water partition coefficient (Wildman–Crippen LogP) is 3.28. The Hall–Kier alpha value is -2.03. The van der Waals surface area contributed by atoms with Gasteiger partial charge in [-0.25, -0.2) is 0 Å². The van der Waals surface area contributed by atoms with E-state index in [1.807, 2.05) is 37.3 Å². The number of furan rings is 1. The molecule has 0 N–H and O–H groups in total. The van der Waals surface area contributed by atoms with E-state index in [1.54, 1.807) is 13.2 Å². The second-order valence-electron chi connectivity index (χ2n) is 4.07. The largest absolute Gasteiger partial charge is 0.497 e. The fourth-order valence-corrected chi connectivity index (χ4v) is 1.73. The van der Waals surface area contributed by atoms with Crippen LogP contribution in [0.1, 0.15) is 28.8 Å². The highest BCUT2D eigenvalue weighted by atomic mass is 16.5. The first-order chi connectivity index (χ1) is 8.72. The van der Waals surface area contributed by atoms with Crippen molar-refractivity contribution in [1.29, 1.82) is 0 Å². The molecule has 0 fully saturated rings. The fraction of sp³-hybridized carbons (Fsp3) is 0.267. The highest BCUT2D eigenvalue weighted by Crippen LogP contribution is 2.15. The molecule has 0 saturated heterocycles. The van der Waals surface area contributed by atoms with Crippen molar-refractivity contribution in [2.75, 3.05) is 7.11 Å². The Balaban J connectivity index is 2.06. The van der Waals surface area contributed by atoms with Gasteiger partial charge in [0.15, 0.2) is 5.76 Å². The van der Waals surface area contributed by atoms with Gasteiger partial charge in [-0.1, -0.05) is 19.1 Å². The second-order valence-corrected chi connectivity index (χ2v) is 4.07. The Labute approximate surface area is 106 Å². The maximum Gasteiger partial charge on any atom is 0.202 e. The quantitative estimate of drug-likeness (QED) is 0.758. The summed E-state index contributed by atoms with van der Waals surface area (Å²) in [4.78, 5) is 12.0. The summed E-state index contributed by atoms with van der Waals surface area (Å²) in [6.45, 7) is 2.00. The number of hydrogen-bond donors (Lipinski definition) is 0. The first kappa shape index (κ1) is 12.4. The monoisotopic (exact) mass is 244 g/mol. The number of aryl methyl sites for hydroxylation is 1. The van der Waals surface area contributed by atoms with Gasteiger partial charge in [0.25, 0.3) is 0 Å². The van der Waals surface area contributed by atoms with E-state index >= 15 is 0 Å². The maximum atomic E-state index is 12.0. The molecular formula is C15H16O3. The van der Waals surface area contributed by atoms with E-state index < -0.39 is 0 Å². The molecule has 3 nitrogen and oxygen atoms in total.